The number of hydrogen-bond acceptors (Lipinski definition) is 7. The number of anilines is 1. The van der Waals surface area contributed by atoms with E-state index in [0.717, 1.165) is 6.42 Å². The van der Waals surface area contributed by atoms with Gasteiger partial charge in [-0.1, -0.05) is 30.8 Å². The maximum absolute atomic E-state index is 12.9. The molecule has 0 radical (unpaired) electrons. The number of carbonyl (C=O) groups excluding carboxylic acids is 2. The fourth-order valence-electron chi connectivity index (χ4n) is 2.77. The van der Waals surface area contributed by atoms with E-state index in [2.05, 4.69) is 10.3 Å². The standard InChI is InChI=1S/C20H21N3O4S2/c1-4-12(2)23-18(25)17-15(9-10-28-17)22-20(23)29-11-16(24)21-14-8-6-5-7-13(14)19(26)27-3/h5-10,12H,4,11H2,1-3H3,(H,21,24)/t12-/m0/s1. The molecule has 0 saturated heterocycles. The van der Waals surface area contributed by atoms with Gasteiger partial charge in [0.15, 0.2) is 5.16 Å². The van der Waals surface area contributed by atoms with Crippen LogP contribution in [0.2, 0.25) is 0 Å². The Bertz CT molecular complexity index is 1110. The zero-order valence-corrected chi connectivity index (χ0v) is 17.9. The van der Waals surface area contributed by atoms with E-state index in [1.807, 2.05) is 19.2 Å². The number of hydrogen-bond donors (Lipinski definition) is 1. The summed E-state index contributed by atoms with van der Waals surface area (Å²) < 4.78 is 7.01. The van der Waals surface area contributed by atoms with Gasteiger partial charge in [0, 0.05) is 6.04 Å². The van der Waals surface area contributed by atoms with Gasteiger partial charge in [0.2, 0.25) is 5.91 Å². The Morgan fingerprint density at radius 3 is 2.79 bits per heavy atom. The quantitative estimate of drug-likeness (QED) is 0.346. The molecule has 152 valence electrons. The van der Waals surface area contributed by atoms with E-state index >= 15 is 0 Å². The van der Waals surface area contributed by atoms with E-state index in [1.54, 1.807) is 34.9 Å². The molecule has 0 saturated carbocycles. The predicted molar refractivity (Wildman–Crippen MR) is 116 cm³/mol. The van der Waals surface area contributed by atoms with Gasteiger partial charge < -0.3 is 10.1 Å². The van der Waals surface area contributed by atoms with Gasteiger partial charge in [-0.25, -0.2) is 9.78 Å². The van der Waals surface area contributed by atoms with Gasteiger partial charge in [0.25, 0.3) is 5.56 Å². The Balaban J connectivity index is 1.81. The normalized spacial score (nSPS) is 12.0. The van der Waals surface area contributed by atoms with Crippen LogP contribution >= 0.6 is 23.1 Å². The number of benzene rings is 1. The number of carbonyl (C=O) groups is 2. The molecule has 1 N–H and O–H groups in total. The van der Waals surface area contributed by atoms with Gasteiger partial charge in [-0.05, 0) is 36.9 Å². The minimum atomic E-state index is -0.524. The van der Waals surface area contributed by atoms with Crippen molar-refractivity contribution in [2.45, 2.75) is 31.5 Å². The number of nitrogens with one attached hydrogen (secondary N) is 1. The zero-order valence-electron chi connectivity index (χ0n) is 16.3. The maximum Gasteiger partial charge on any atom is 0.339 e. The Labute approximate surface area is 176 Å². The number of fused-ring (bicyclic) bond motifs is 1. The van der Waals surface area contributed by atoms with Crippen LogP contribution in [0.25, 0.3) is 10.2 Å². The number of ether oxygens (including phenoxy) is 1. The first kappa shape index (κ1) is 21.1. The summed E-state index contributed by atoms with van der Waals surface area (Å²) in [6.45, 7) is 3.96. The molecule has 9 heteroatoms. The van der Waals surface area contributed by atoms with E-state index in [9.17, 15) is 14.4 Å². The summed E-state index contributed by atoms with van der Waals surface area (Å²) in [5, 5.41) is 5.08. The Morgan fingerprint density at radius 2 is 2.07 bits per heavy atom. The second-order valence-corrected chi connectivity index (χ2v) is 8.19. The second kappa shape index (κ2) is 9.23. The van der Waals surface area contributed by atoms with Crippen molar-refractivity contribution in [1.82, 2.24) is 9.55 Å². The van der Waals surface area contributed by atoms with Crippen molar-refractivity contribution in [3.63, 3.8) is 0 Å². The van der Waals surface area contributed by atoms with Gasteiger partial charge in [-0.15, -0.1) is 11.3 Å². The molecule has 0 bridgehead atoms. The highest BCUT2D eigenvalue weighted by molar-refractivity contribution is 7.99. The molecule has 2 heterocycles. The number of thioether (sulfide) groups is 1. The number of aromatic nitrogens is 2. The average molecular weight is 432 g/mol. The summed E-state index contributed by atoms with van der Waals surface area (Å²) >= 11 is 2.57. The van der Waals surface area contributed by atoms with Gasteiger partial charge >= 0.3 is 5.97 Å². The molecule has 0 aliphatic heterocycles. The fraction of sp³-hybridized carbons (Fsp3) is 0.300. The summed E-state index contributed by atoms with van der Waals surface area (Å²) in [5.41, 5.74) is 1.21. The molecule has 0 unspecified atom stereocenters. The lowest BCUT2D eigenvalue weighted by Gasteiger charge is -2.17. The van der Waals surface area contributed by atoms with Crippen molar-refractivity contribution < 1.29 is 14.3 Å². The third kappa shape index (κ3) is 4.51. The highest BCUT2D eigenvalue weighted by Gasteiger charge is 2.18. The van der Waals surface area contributed by atoms with Crippen LogP contribution in [-0.4, -0.2) is 34.3 Å². The molecule has 7 nitrogen and oxygen atoms in total. The monoisotopic (exact) mass is 431 g/mol. The third-order valence-corrected chi connectivity index (χ3v) is 6.29. The summed E-state index contributed by atoms with van der Waals surface area (Å²) in [6.07, 6.45) is 0.769. The summed E-state index contributed by atoms with van der Waals surface area (Å²) in [5.74, 6) is -0.779. The topological polar surface area (TPSA) is 90.3 Å². The SMILES string of the molecule is CC[C@H](C)n1c(SCC(=O)Nc2ccccc2C(=O)OC)nc2ccsc2c1=O. The van der Waals surface area contributed by atoms with Gasteiger partial charge in [-0.2, -0.15) is 0 Å². The van der Waals surface area contributed by atoms with Crippen molar-refractivity contribution in [3.8, 4) is 0 Å². The number of nitrogens with zero attached hydrogens (tertiary/aromatic N) is 2. The molecule has 0 spiro atoms. The van der Waals surface area contributed by atoms with E-state index in [0.29, 0.717) is 21.1 Å². The molecule has 29 heavy (non-hydrogen) atoms. The minimum absolute atomic E-state index is 0.0351. The molecule has 1 amide bonds. The molecule has 1 aromatic carbocycles. The zero-order chi connectivity index (χ0) is 21.0. The number of thiophene rings is 1. The molecule has 3 rings (SSSR count). The predicted octanol–water partition coefficient (Wildman–Crippen LogP) is 3.95. The second-order valence-electron chi connectivity index (χ2n) is 6.34. The lowest BCUT2D eigenvalue weighted by Crippen LogP contribution is -2.26. The van der Waals surface area contributed by atoms with Gasteiger partial charge in [0.1, 0.15) is 4.70 Å². The number of para-hydroxylation sites is 1. The summed E-state index contributed by atoms with van der Waals surface area (Å²) in [4.78, 5) is 41.8. The lowest BCUT2D eigenvalue weighted by molar-refractivity contribution is -0.113. The molecule has 3 aromatic rings. The van der Waals surface area contributed by atoms with Crippen molar-refractivity contribution >= 4 is 50.9 Å². The number of amides is 1. The Kier molecular flexibility index (Phi) is 6.71. The molecular weight excluding hydrogens is 410 g/mol. The Hall–Kier alpha value is -2.65. The third-order valence-electron chi connectivity index (χ3n) is 4.45. The van der Waals surface area contributed by atoms with Crippen LogP contribution in [0.1, 0.15) is 36.7 Å². The summed E-state index contributed by atoms with van der Waals surface area (Å²) in [6, 6.07) is 8.41. The molecule has 1 atom stereocenters. The van der Waals surface area contributed by atoms with Crippen LogP contribution in [0.4, 0.5) is 5.69 Å². The van der Waals surface area contributed by atoms with Crippen LogP contribution < -0.4 is 10.9 Å². The Morgan fingerprint density at radius 1 is 1.31 bits per heavy atom. The first-order valence-corrected chi connectivity index (χ1v) is 10.9. The highest BCUT2D eigenvalue weighted by atomic mass is 32.2. The maximum atomic E-state index is 12.9. The van der Waals surface area contributed by atoms with E-state index in [-0.39, 0.29) is 28.8 Å². The molecular formula is C20H21N3O4S2. The van der Waals surface area contributed by atoms with Crippen molar-refractivity contribution in [2.24, 2.45) is 0 Å². The van der Waals surface area contributed by atoms with Crippen LogP contribution in [0, 0.1) is 0 Å². The van der Waals surface area contributed by atoms with E-state index in [1.165, 1.54) is 30.2 Å². The number of rotatable bonds is 7. The van der Waals surface area contributed by atoms with Crippen LogP contribution in [0.5, 0.6) is 0 Å². The first-order chi connectivity index (χ1) is 14.0. The van der Waals surface area contributed by atoms with Crippen molar-refractivity contribution in [1.29, 1.82) is 0 Å². The molecule has 0 aliphatic carbocycles. The average Bonchev–Trinajstić information content (AvgIpc) is 3.20. The van der Waals surface area contributed by atoms with Gasteiger partial charge in [0.05, 0.1) is 29.6 Å². The van der Waals surface area contributed by atoms with E-state index in [4.69, 9.17) is 4.74 Å². The number of methoxy groups -OCH3 is 1. The smallest absolute Gasteiger partial charge is 0.339 e. The summed E-state index contributed by atoms with van der Waals surface area (Å²) in [7, 11) is 1.29. The lowest BCUT2D eigenvalue weighted by atomic mass is 10.2. The largest absolute Gasteiger partial charge is 0.465 e. The highest BCUT2D eigenvalue weighted by Crippen LogP contribution is 2.25. The first-order valence-electron chi connectivity index (χ1n) is 9.06. The van der Waals surface area contributed by atoms with Gasteiger partial charge in [-0.3, -0.25) is 14.2 Å². The molecule has 2 aromatic heterocycles. The molecule has 0 aliphatic rings. The number of esters is 1. The van der Waals surface area contributed by atoms with Crippen LogP contribution in [-0.2, 0) is 9.53 Å². The van der Waals surface area contributed by atoms with E-state index < -0.39 is 5.97 Å². The van der Waals surface area contributed by atoms with Crippen LogP contribution in [0.3, 0.4) is 0 Å². The van der Waals surface area contributed by atoms with Crippen LogP contribution in [0.15, 0.2) is 45.7 Å². The van der Waals surface area contributed by atoms with Crippen molar-refractivity contribution in [2.75, 3.05) is 18.2 Å². The minimum Gasteiger partial charge on any atom is -0.465 e. The fourth-order valence-corrected chi connectivity index (χ4v) is 4.44. The van der Waals surface area contributed by atoms with Crippen molar-refractivity contribution in [3.05, 3.63) is 51.6 Å². The molecule has 0 fully saturated rings.